The highest BCUT2D eigenvalue weighted by atomic mass is 15.3. The number of fused-ring (bicyclic) bond motifs is 5. The Hall–Kier alpha value is -7.62. The number of anilines is 6. The molecule has 1 aliphatic rings. The molecule has 2 heterocycles. The van der Waals surface area contributed by atoms with Crippen LogP contribution in [0, 0.1) is 0 Å². The molecule has 10 aromatic rings. The molecule has 58 heavy (non-hydrogen) atoms. The van der Waals surface area contributed by atoms with Gasteiger partial charge in [-0.1, -0.05) is 152 Å². The molecule has 0 spiro atoms. The zero-order chi connectivity index (χ0) is 38.4. The van der Waals surface area contributed by atoms with Crippen molar-refractivity contribution in [3.8, 4) is 27.9 Å². The fraction of sp³-hybridized carbons (Fsp3) is 0.0182. The topological polar surface area (TPSA) is 11.4 Å². The van der Waals surface area contributed by atoms with Gasteiger partial charge < -0.3 is 4.90 Å². The molecule has 0 aliphatic carbocycles. The zero-order valence-electron chi connectivity index (χ0n) is 31.9. The number of benzene rings is 9. The third kappa shape index (κ3) is 5.75. The molecule has 0 fully saturated rings. The van der Waals surface area contributed by atoms with Crippen LogP contribution in [0.3, 0.4) is 0 Å². The Morgan fingerprint density at radius 2 is 0.931 bits per heavy atom. The smallest absolute Gasteiger partial charge is 0.127 e. The predicted molar refractivity (Wildman–Crippen MR) is 244 cm³/mol. The average Bonchev–Trinajstić information content (AvgIpc) is 3.63. The molecule has 274 valence electrons. The molecular formula is C55H39N3. The molecular weight excluding hydrogens is 703 g/mol. The van der Waals surface area contributed by atoms with Crippen LogP contribution in [-0.2, 0) is 6.42 Å². The van der Waals surface area contributed by atoms with Crippen LogP contribution in [0.2, 0.25) is 0 Å². The average molecular weight is 742 g/mol. The van der Waals surface area contributed by atoms with Gasteiger partial charge in [-0.25, -0.2) is 0 Å². The van der Waals surface area contributed by atoms with Gasteiger partial charge in [-0.3, -0.25) is 9.47 Å². The lowest BCUT2D eigenvalue weighted by molar-refractivity contribution is 1.01. The Morgan fingerprint density at radius 3 is 1.64 bits per heavy atom. The Kier molecular flexibility index (Phi) is 8.22. The summed E-state index contributed by atoms with van der Waals surface area (Å²) in [5.74, 6) is 1.20. The molecule has 0 saturated heterocycles. The lowest BCUT2D eigenvalue weighted by Gasteiger charge is -2.33. The minimum atomic E-state index is 0.841. The third-order valence-electron chi connectivity index (χ3n) is 11.6. The highest BCUT2D eigenvalue weighted by molar-refractivity contribution is 6.00. The second kappa shape index (κ2) is 14.1. The number of hydrogen-bond acceptors (Lipinski definition) is 2. The van der Waals surface area contributed by atoms with Crippen molar-refractivity contribution in [3.63, 3.8) is 0 Å². The van der Waals surface area contributed by atoms with E-state index < -0.39 is 0 Å². The molecule has 0 unspecified atom stereocenters. The second-order valence-electron chi connectivity index (χ2n) is 15.0. The first-order valence-corrected chi connectivity index (χ1v) is 20.0. The Bertz CT molecular complexity index is 3050. The van der Waals surface area contributed by atoms with E-state index >= 15 is 0 Å². The molecule has 1 aliphatic heterocycles. The van der Waals surface area contributed by atoms with Gasteiger partial charge in [0.2, 0.25) is 0 Å². The maximum Gasteiger partial charge on any atom is 0.127 e. The molecule has 0 bridgehead atoms. The van der Waals surface area contributed by atoms with E-state index in [1.54, 1.807) is 0 Å². The van der Waals surface area contributed by atoms with Crippen LogP contribution in [0.1, 0.15) is 11.1 Å². The quantitative estimate of drug-likeness (QED) is 0.161. The molecule has 0 amide bonds. The molecule has 1 aromatic heterocycles. The Morgan fingerprint density at radius 1 is 0.397 bits per heavy atom. The first-order valence-electron chi connectivity index (χ1n) is 20.0. The molecule has 9 aromatic carbocycles. The molecule has 0 radical (unpaired) electrons. The second-order valence-corrected chi connectivity index (χ2v) is 15.0. The van der Waals surface area contributed by atoms with Gasteiger partial charge >= 0.3 is 0 Å². The van der Waals surface area contributed by atoms with Crippen molar-refractivity contribution in [2.75, 3.05) is 9.80 Å². The minimum absolute atomic E-state index is 0.841. The van der Waals surface area contributed by atoms with Crippen LogP contribution in [0.4, 0.5) is 34.3 Å². The van der Waals surface area contributed by atoms with Crippen molar-refractivity contribution < 1.29 is 0 Å². The minimum Gasteiger partial charge on any atom is -0.310 e. The number of para-hydroxylation sites is 3. The molecule has 0 atom stereocenters. The number of hydrogen-bond donors (Lipinski definition) is 0. The summed E-state index contributed by atoms with van der Waals surface area (Å²) in [6.07, 6.45) is 0.841. The SMILES string of the molecule is c1ccc(-c2ccc(N(c3ccc(-c4ccc5c(c4)Cc4c(n(-c6ccccc6)c6ccccc46)N5c4ccccc4)cc3)c3cccc4ccccc34)cc2)cc1. The first kappa shape index (κ1) is 33.7. The summed E-state index contributed by atoms with van der Waals surface area (Å²) in [7, 11) is 0. The van der Waals surface area contributed by atoms with Crippen LogP contribution in [0.15, 0.2) is 224 Å². The summed E-state index contributed by atoms with van der Waals surface area (Å²) >= 11 is 0. The van der Waals surface area contributed by atoms with Gasteiger partial charge in [-0.2, -0.15) is 0 Å². The van der Waals surface area contributed by atoms with E-state index in [2.05, 4.69) is 239 Å². The van der Waals surface area contributed by atoms with E-state index in [1.807, 2.05) is 0 Å². The number of aromatic nitrogens is 1. The van der Waals surface area contributed by atoms with Crippen molar-refractivity contribution in [2.24, 2.45) is 0 Å². The van der Waals surface area contributed by atoms with Crippen LogP contribution in [0.25, 0.3) is 49.6 Å². The van der Waals surface area contributed by atoms with Crippen LogP contribution >= 0.6 is 0 Å². The van der Waals surface area contributed by atoms with E-state index in [9.17, 15) is 0 Å². The lowest BCUT2D eigenvalue weighted by Crippen LogP contribution is -2.20. The van der Waals surface area contributed by atoms with Crippen molar-refractivity contribution in [2.45, 2.75) is 6.42 Å². The van der Waals surface area contributed by atoms with Crippen LogP contribution in [-0.4, -0.2) is 4.57 Å². The Balaban J connectivity index is 1.01. The lowest BCUT2D eigenvalue weighted by atomic mass is 9.93. The van der Waals surface area contributed by atoms with Gasteiger partial charge in [0.1, 0.15) is 5.82 Å². The van der Waals surface area contributed by atoms with Gasteiger partial charge in [0.05, 0.1) is 16.9 Å². The van der Waals surface area contributed by atoms with Crippen molar-refractivity contribution in [1.29, 1.82) is 0 Å². The maximum atomic E-state index is 2.46. The summed E-state index contributed by atoms with van der Waals surface area (Å²) < 4.78 is 2.43. The molecule has 3 heteroatoms. The van der Waals surface area contributed by atoms with E-state index in [0.29, 0.717) is 0 Å². The van der Waals surface area contributed by atoms with Crippen molar-refractivity contribution in [3.05, 3.63) is 236 Å². The summed E-state index contributed by atoms with van der Waals surface area (Å²) in [6, 6.07) is 81.2. The Labute approximate surface area is 338 Å². The maximum absolute atomic E-state index is 2.46. The van der Waals surface area contributed by atoms with Crippen molar-refractivity contribution in [1.82, 2.24) is 4.57 Å². The molecule has 11 rings (SSSR count). The van der Waals surface area contributed by atoms with Crippen molar-refractivity contribution >= 4 is 55.9 Å². The van der Waals surface area contributed by atoms with Gasteiger partial charge in [-0.15, -0.1) is 0 Å². The van der Waals surface area contributed by atoms with Crippen LogP contribution < -0.4 is 9.80 Å². The van der Waals surface area contributed by atoms with Gasteiger partial charge in [0.15, 0.2) is 0 Å². The number of nitrogens with zero attached hydrogens (tertiary/aromatic N) is 3. The third-order valence-corrected chi connectivity index (χ3v) is 11.6. The number of rotatable bonds is 7. The monoisotopic (exact) mass is 741 g/mol. The van der Waals surface area contributed by atoms with Gasteiger partial charge in [0.25, 0.3) is 0 Å². The summed E-state index contributed by atoms with van der Waals surface area (Å²) in [6.45, 7) is 0. The fourth-order valence-corrected chi connectivity index (χ4v) is 8.88. The predicted octanol–water partition coefficient (Wildman–Crippen LogP) is 15.0. The van der Waals surface area contributed by atoms with E-state index in [-0.39, 0.29) is 0 Å². The highest BCUT2D eigenvalue weighted by Crippen LogP contribution is 2.50. The van der Waals surface area contributed by atoms with Crippen LogP contribution in [0.5, 0.6) is 0 Å². The molecule has 0 N–H and O–H groups in total. The fourth-order valence-electron chi connectivity index (χ4n) is 8.88. The summed E-state index contributed by atoms with van der Waals surface area (Å²) in [5.41, 5.74) is 15.6. The largest absolute Gasteiger partial charge is 0.310 e. The normalized spacial score (nSPS) is 12.0. The molecule has 0 saturated carbocycles. The standard InChI is InChI=1S/C55H39N3/c1-4-15-39(16-5-1)40-27-32-47(33-28-40)56(53-26-14-18-42-17-10-11-23-49(42)53)48-34-29-41(30-35-48)43-31-36-52-44(37-43)38-51-50-24-12-13-25-54(50)58(46-21-8-3-9-22-46)55(51)57(52)45-19-6-2-7-20-45/h1-37H,38H2. The summed E-state index contributed by atoms with van der Waals surface area (Å²) in [4.78, 5) is 4.84. The van der Waals surface area contributed by atoms with Gasteiger partial charge in [0, 0.05) is 45.5 Å². The zero-order valence-corrected chi connectivity index (χ0v) is 31.9. The molecule has 3 nitrogen and oxygen atoms in total. The summed E-state index contributed by atoms with van der Waals surface area (Å²) in [5, 5.41) is 3.72. The van der Waals surface area contributed by atoms with Gasteiger partial charge in [-0.05, 0) is 106 Å². The highest BCUT2D eigenvalue weighted by Gasteiger charge is 2.31. The van der Waals surface area contributed by atoms with E-state index in [1.165, 1.54) is 66.6 Å². The van der Waals surface area contributed by atoms with E-state index in [0.717, 1.165) is 34.9 Å². The van der Waals surface area contributed by atoms with E-state index in [4.69, 9.17) is 0 Å². The first-order chi connectivity index (χ1) is 28.8.